The van der Waals surface area contributed by atoms with Gasteiger partial charge in [-0.05, 0) is 31.4 Å². The predicted molar refractivity (Wildman–Crippen MR) is 86.9 cm³/mol. The largest absolute Gasteiger partial charge is 0.490 e. The molecule has 0 saturated carbocycles. The summed E-state index contributed by atoms with van der Waals surface area (Å²) in [5.41, 5.74) is 2.12. The molecule has 1 unspecified atom stereocenters. The molecule has 0 radical (unpaired) electrons. The van der Waals surface area contributed by atoms with E-state index in [-0.39, 0.29) is 11.7 Å². The van der Waals surface area contributed by atoms with Crippen LogP contribution in [0.25, 0.3) is 0 Å². The van der Waals surface area contributed by atoms with E-state index in [9.17, 15) is 4.79 Å². The molecule has 0 amide bonds. The van der Waals surface area contributed by atoms with Crippen LogP contribution in [-0.2, 0) is 0 Å². The van der Waals surface area contributed by atoms with Crippen LogP contribution >= 0.6 is 11.3 Å². The number of anilines is 1. The first-order valence-corrected chi connectivity index (χ1v) is 8.22. The Morgan fingerprint density at radius 2 is 2.10 bits per heavy atom. The van der Waals surface area contributed by atoms with Gasteiger partial charge in [-0.2, -0.15) is 0 Å². The zero-order valence-corrected chi connectivity index (χ0v) is 13.2. The van der Waals surface area contributed by atoms with E-state index in [1.807, 2.05) is 29.6 Å². The summed E-state index contributed by atoms with van der Waals surface area (Å²) in [5, 5.41) is 1.94. The number of hydrogen-bond acceptors (Lipinski definition) is 4. The Balaban J connectivity index is 1.96. The highest BCUT2D eigenvalue weighted by Crippen LogP contribution is 2.42. The Labute approximate surface area is 129 Å². The number of carbonyl (C=O) groups excluding carboxylic acids is 1. The van der Waals surface area contributed by atoms with E-state index in [0.717, 1.165) is 35.0 Å². The number of Topliss-reactive ketones (excluding diaryl/α,β-unsaturated/α-hetero) is 1. The van der Waals surface area contributed by atoms with Crippen LogP contribution in [-0.4, -0.2) is 25.5 Å². The van der Waals surface area contributed by atoms with E-state index in [1.54, 1.807) is 0 Å². The fourth-order valence-electron chi connectivity index (χ4n) is 2.85. The number of fused-ring (bicyclic) bond motifs is 1. The molecule has 1 aromatic carbocycles. The van der Waals surface area contributed by atoms with Crippen LogP contribution in [0, 0.1) is 0 Å². The maximum atomic E-state index is 12.6. The van der Waals surface area contributed by atoms with Gasteiger partial charge < -0.3 is 9.64 Å². The van der Waals surface area contributed by atoms with E-state index in [1.165, 1.54) is 11.3 Å². The first kappa shape index (κ1) is 14.1. The number of rotatable bonds is 5. The molecule has 0 aliphatic carbocycles. The Hall–Kier alpha value is -1.81. The molecular formula is C17H19NO2S. The zero-order chi connectivity index (χ0) is 14.8. The summed E-state index contributed by atoms with van der Waals surface area (Å²) in [6.07, 6.45) is 0. The lowest BCUT2D eigenvalue weighted by Gasteiger charge is -2.23. The standard InChI is InChI=1S/C17H19NO2S/c1-3-18(4-2)14-8-5-7-12-13(11-20-17(12)14)16(19)15-9-6-10-21-15/h5-10,13H,3-4,11H2,1-2H3. The number of para-hydroxylation sites is 1. The molecule has 2 aromatic rings. The number of ketones is 1. The third kappa shape index (κ3) is 2.44. The maximum Gasteiger partial charge on any atom is 0.183 e. The molecule has 0 saturated heterocycles. The number of thiophene rings is 1. The topological polar surface area (TPSA) is 29.5 Å². The third-order valence-corrected chi connectivity index (χ3v) is 4.86. The summed E-state index contributed by atoms with van der Waals surface area (Å²) in [5.74, 6) is 0.880. The van der Waals surface area contributed by atoms with Crippen molar-refractivity contribution in [2.45, 2.75) is 19.8 Å². The van der Waals surface area contributed by atoms with Gasteiger partial charge in [0, 0.05) is 18.7 Å². The van der Waals surface area contributed by atoms with Crippen molar-refractivity contribution in [3.63, 3.8) is 0 Å². The first-order valence-electron chi connectivity index (χ1n) is 7.34. The zero-order valence-electron chi connectivity index (χ0n) is 12.3. The highest BCUT2D eigenvalue weighted by molar-refractivity contribution is 7.12. The summed E-state index contributed by atoms with van der Waals surface area (Å²) >= 11 is 1.50. The molecule has 1 aliphatic rings. The van der Waals surface area contributed by atoms with Gasteiger partial charge in [-0.1, -0.05) is 18.2 Å². The summed E-state index contributed by atoms with van der Waals surface area (Å²) < 4.78 is 5.89. The van der Waals surface area contributed by atoms with Crippen LogP contribution in [0.1, 0.15) is 35.0 Å². The van der Waals surface area contributed by atoms with Crippen LogP contribution in [0.15, 0.2) is 35.7 Å². The second kappa shape index (κ2) is 5.90. The molecule has 0 fully saturated rings. The number of benzene rings is 1. The van der Waals surface area contributed by atoms with Crippen molar-refractivity contribution in [1.29, 1.82) is 0 Å². The summed E-state index contributed by atoms with van der Waals surface area (Å²) in [7, 11) is 0. The van der Waals surface area contributed by atoms with E-state index in [0.29, 0.717) is 6.61 Å². The molecule has 3 nitrogen and oxygen atoms in total. The van der Waals surface area contributed by atoms with Crippen molar-refractivity contribution in [2.24, 2.45) is 0 Å². The molecular weight excluding hydrogens is 282 g/mol. The monoisotopic (exact) mass is 301 g/mol. The van der Waals surface area contributed by atoms with E-state index >= 15 is 0 Å². The Bertz CT molecular complexity index is 632. The molecule has 3 rings (SSSR count). The number of carbonyl (C=O) groups is 1. The summed E-state index contributed by atoms with van der Waals surface area (Å²) in [6.45, 7) is 6.57. The fourth-order valence-corrected chi connectivity index (χ4v) is 3.57. The number of hydrogen-bond donors (Lipinski definition) is 0. The Kier molecular flexibility index (Phi) is 3.97. The van der Waals surface area contributed by atoms with Gasteiger partial charge >= 0.3 is 0 Å². The van der Waals surface area contributed by atoms with Crippen molar-refractivity contribution >= 4 is 22.8 Å². The summed E-state index contributed by atoms with van der Waals surface area (Å²) in [4.78, 5) is 15.7. The molecule has 110 valence electrons. The fraction of sp³-hybridized carbons (Fsp3) is 0.353. The molecule has 21 heavy (non-hydrogen) atoms. The average Bonchev–Trinajstić information content (AvgIpc) is 3.18. The number of ether oxygens (including phenoxy) is 1. The molecule has 1 atom stereocenters. The van der Waals surface area contributed by atoms with Crippen molar-refractivity contribution in [1.82, 2.24) is 0 Å². The van der Waals surface area contributed by atoms with Crippen LogP contribution in [0.2, 0.25) is 0 Å². The van der Waals surface area contributed by atoms with Gasteiger partial charge in [-0.15, -0.1) is 11.3 Å². The minimum absolute atomic E-state index is 0.167. The first-order chi connectivity index (χ1) is 10.3. The number of nitrogens with zero attached hydrogens (tertiary/aromatic N) is 1. The molecule has 0 bridgehead atoms. The van der Waals surface area contributed by atoms with Gasteiger partial charge in [0.25, 0.3) is 0 Å². The van der Waals surface area contributed by atoms with Gasteiger partial charge in [0.05, 0.1) is 16.5 Å². The second-order valence-electron chi connectivity index (χ2n) is 5.07. The predicted octanol–water partition coefficient (Wildman–Crippen LogP) is 3.95. The normalized spacial score (nSPS) is 16.4. The highest BCUT2D eigenvalue weighted by Gasteiger charge is 2.33. The van der Waals surface area contributed by atoms with Crippen molar-refractivity contribution < 1.29 is 9.53 Å². The van der Waals surface area contributed by atoms with E-state index in [2.05, 4.69) is 24.8 Å². The van der Waals surface area contributed by atoms with Gasteiger partial charge in [0.2, 0.25) is 0 Å². The van der Waals surface area contributed by atoms with E-state index < -0.39 is 0 Å². The molecule has 0 N–H and O–H groups in total. The molecule has 2 heterocycles. The lowest BCUT2D eigenvalue weighted by molar-refractivity contribution is 0.0951. The molecule has 4 heteroatoms. The van der Waals surface area contributed by atoms with Crippen molar-refractivity contribution in [3.8, 4) is 5.75 Å². The lowest BCUT2D eigenvalue weighted by atomic mass is 9.95. The van der Waals surface area contributed by atoms with Gasteiger partial charge in [0.15, 0.2) is 5.78 Å². The maximum absolute atomic E-state index is 12.6. The SMILES string of the molecule is CCN(CC)c1cccc2c1OCC2C(=O)c1cccs1. The van der Waals surface area contributed by atoms with Crippen LogP contribution < -0.4 is 9.64 Å². The van der Waals surface area contributed by atoms with Gasteiger partial charge in [-0.25, -0.2) is 0 Å². The van der Waals surface area contributed by atoms with Crippen molar-refractivity contribution in [2.75, 3.05) is 24.6 Å². The smallest absolute Gasteiger partial charge is 0.183 e. The highest BCUT2D eigenvalue weighted by atomic mass is 32.1. The lowest BCUT2D eigenvalue weighted by Crippen LogP contribution is -2.22. The minimum Gasteiger partial charge on any atom is -0.490 e. The molecule has 1 aliphatic heterocycles. The van der Waals surface area contributed by atoms with Crippen LogP contribution in [0.4, 0.5) is 5.69 Å². The minimum atomic E-state index is -0.172. The second-order valence-corrected chi connectivity index (χ2v) is 6.02. The third-order valence-electron chi connectivity index (χ3n) is 3.98. The van der Waals surface area contributed by atoms with E-state index in [4.69, 9.17) is 4.74 Å². The average molecular weight is 301 g/mol. The van der Waals surface area contributed by atoms with Crippen molar-refractivity contribution in [3.05, 3.63) is 46.2 Å². The Morgan fingerprint density at radius 1 is 1.29 bits per heavy atom. The Morgan fingerprint density at radius 3 is 2.76 bits per heavy atom. The summed E-state index contributed by atoms with van der Waals surface area (Å²) in [6, 6.07) is 9.92. The van der Waals surface area contributed by atoms with Gasteiger partial charge in [-0.3, -0.25) is 4.79 Å². The quantitative estimate of drug-likeness (QED) is 0.783. The molecule has 1 aromatic heterocycles. The van der Waals surface area contributed by atoms with Crippen LogP contribution in [0.5, 0.6) is 5.75 Å². The van der Waals surface area contributed by atoms with Crippen LogP contribution in [0.3, 0.4) is 0 Å². The molecule has 0 spiro atoms. The van der Waals surface area contributed by atoms with Gasteiger partial charge in [0.1, 0.15) is 12.4 Å².